The van der Waals surface area contributed by atoms with Crippen LogP contribution < -0.4 is 5.32 Å². The fourth-order valence-corrected chi connectivity index (χ4v) is 3.94. The van der Waals surface area contributed by atoms with Crippen LogP contribution in [-0.2, 0) is 0 Å². The number of nitrogens with zero attached hydrogens (tertiary/aromatic N) is 2. The molecule has 1 aromatic rings. The highest BCUT2D eigenvalue weighted by atomic mass is 16.2. The van der Waals surface area contributed by atoms with Crippen molar-refractivity contribution in [2.75, 3.05) is 7.05 Å². The molecule has 2 atom stereocenters. The maximum atomic E-state index is 12.8. The molecule has 20 heavy (non-hydrogen) atoms. The molecular weight excluding hydrogens is 250 g/mol. The molecule has 3 aliphatic rings. The average Bonchev–Trinajstić information content (AvgIpc) is 3.10. The summed E-state index contributed by atoms with van der Waals surface area (Å²) in [5.41, 5.74) is 0.876. The van der Waals surface area contributed by atoms with Gasteiger partial charge in [0.15, 0.2) is 0 Å². The minimum Gasteiger partial charge on any atom is -0.340 e. The summed E-state index contributed by atoms with van der Waals surface area (Å²) in [6.07, 6.45) is 9.28. The Hall–Kier alpha value is -1.29. The Bertz CT molecular complexity index is 508. The largest absolute Gasteiger partial charge is 0.340 e. The molecule has 3 fully saturated rings. The van der Waals surface area contributed by atoms with Gasteiger partial charge in [0.25, 0.3) is 5.91 Å². The van der Waals surface area contributed by atoms with Crippen LogP contribution in [0.5, 0.6) is 0 Å². The van der Waals surface area contributed by atoms with Crippen LogP contribution in [0, 0.1) is 0 Å². The van der Waals surface area contributed by atoms with Crippen molar-refractivity contribution < 1.29 is 4.79 Å². The molecule has 0 spiro atoms. The first-order chi connectivity index (χ1) is 9.72. The zero-order valence-corrected chi connectivity index (χ0v) is 12.1. The molecular formula is C16H23N3O. The van der Waals surface area contributed by atoms with E-state index < -0.39 is 0 Å². The lowest BCUT2D eigenvalue weighted by Gasteiger charge is -2.35. The number of hydrogen-bond donors (Lipinski definition) is 1. The molecule has 1 aromatic heterocycles. The van der Waals surface area contributed by atoms with E-state index in [1.807, 2.05) is 24.1 Å². The third-order valence-electron chi connectivity index (χ3n) is 5.25. The number of carbonyl (C=O) groups is 1. The Balaban J connectivity index is 1.51. The Morgan fingerprint density at radius 1 is 1.25 bits per heavy atom. The summed E-state index contributed by atoms with van der Waals surface area (Å²) in [6.45, 7) is 0. The molecule has 2 bridgehead atoms. The Kier molecular flexibility index (Phi) is 2.88. The molecule has 2 unspecified atom stereocenters. The van der Waals surface area contributed by atoms with Crippen LogP contribution in [0.15, 0.2) is 18.3 Å². The number of fused-ring (bicyclic) bond motifs is 2. The Morgan fingerprint density at radius 3 is 2.60 bits per heavy atom. The molecule has 2 saturated heterocycles. The molecule has 4 rings (SSSR count). The maximum Gasteiger partial charge on any atom is 0.270 e. The number of nitrogens with one attached hydrogen (secondary N) is 1. The predicted octanol–water partition coefficient (Wildman–Crippen LogP) is 2.18. The number of hydrogen-bond acceptors (Lipinski definition) is 2. The summed E-state index contributed by atoms with van der Waals surface area (Å²) < 4.78 is 2.18. The zero-order chi connectivity index (χ0) is 13.7. The van der Waals surface area contributed by atoms with Gasteiger partial charge in [0, 0.05) is 37.4 Å². The summed E-state index contributed by atoms with van der Waals surface area (Å²) in [6, 6.07) is 6.22. The minimum absolute atomic E-state index is 0.202. The van der Waals surface area contributed by atoms with Crippen molar-refractivity contribution in [3.05, 3.63) is 24.0 Å². The number of rotatable bonds is 3. The second-order valence-corrected chi connectivity index (χ2v) is 6.71. The van der Waals surface area contributed by atoms with E-state index in [2.05, 4.69) is 16.1 Å². The molecule has 108 valence electrons. The molecule has 1 aliphatic carbocycles. The van der Waals surface area contributed by atoms with E-state index in [0.29, 0.717) is 24.2 Å². The van der Waals surface area contributed by atoms with Gasteiger partial charge in [-0.15, -0.1) is 0 Å². The van der Waals surface area contributed by atoms with E-state index >= 15 is 0 Å². The third kappa shape index (κ3) is 2.06. The lowest BCUT2D eigenvalue weighted by molar-refractivity contribution is 0.0670. The number of carbonyl (C=O) groups excluding carboxylic acids is 1. The maximum absolute atomic E-state index is 12.8. The standard InChI is InChI=1S/C16H23N3O/c1-18(14-9-11-4-5-12(10-14)17-11)16(20)15-3-2-8-19(15)13-6-7-13/h2-3,8,11-14,17H,4-7,9-10H2,1H3. The quantitative estimate of drug-likeness (QED) is 0.916. The molecule has 4 heteroatoms. The van der Waals surface area contributed by atoms with E-state index in [-0.39, 0.29) is 5.91 Å². The highest BCUT2D eigenvalue weighted by molar-refractivity contribution is 5.93. The molecule has 2 aliphatic heterocycles. The van der Waals surface area contributed by atoms with Crippen molar-refractivity contribution in [1.82, 2.24) is 14.8 Å². The van der Waals surface area contributed by atoms with Crippen LogP contribution in [0.2, 0.25) is 0 Å². The monoisotopic (exact) mass is 273 g/mol. The van der Waals surface area contributed by atoms with Crippen LogP contribution in [0.25, 0.3) is 0 Å². The van der Waals surface area contributed by atoms with Crippen molar-refractivity contribution >= 4 is 5.91 Å². The molecule has 1 N–H and O–H groups in total. The molecule has 3 heterocycles. The predicted molar refractivity (Wildman–Crippen MR) is 77.8 cm³/mol. The summed E-state index contributed by atoms with van der Waals surface area (Å²) in [5.74, 6) is 0.202. The summed E-state index contributed by atoms with van der Waals surface area (Å²) in [5, 5.41) is 3.65. The second kappa shape index (κ2) is 4.62. The smallest absolute Gasteiger partial charge is 0.270 e. The topological polar surface area (TPSA) is 37.3 Å². The molecule has 1 saturated carbocycles. The number of amides is 1. The van der Waals surface area contributed by atoms with Crippen molar-refractivity contribution in [2.24, 2.45) is 0 Å². The van der Waals surface area contributed by atoms with Crippen LogP contribution in [0.3, 0.4) is 0 Å². The normalized spacial score (nSPS) is 32.4. The first kappa shape index (κ1) is 12.5. The van der Waals surface area contributed by atoms with E-state index in [4.69, 9.17) is 0 Å². The van der Waals surface area contributed by atoms with Crippen LogP contribution in [-0.4, -0.2) is 40.5 Å². The van der Waals surface area contributed by atoms with Gasteiger partial charge in [-0.2, -0.15) is 0 Å². The minimum atomic E-state index is 0.202. The van der Waals surface area contributed by atoms with Gasteiger partial charge in [-0.3, -0.25) is 4.79 Å². The van der Waals surface area contributed by atoms with Crippen LogP contribution in [0.1, 0.15) is 55.1 Å². The number of piperidine rings is 1. The molecule has 0 aromatic carbocycles. The van der Waals surface area contributed by atoms with Gasteiger partial charge in [-0.25, -0.2) is 0 Å². The van der Waals surface area contributed by atoms with Gasteiger partial charge in [0.2, 0.25) is 0 Å². The van der Waals surface area contributed by atoms with Gasteiger partial charge in [-0.05, 0) is 50.7 Å². The van der Waals surface area contributed by atoms with E-state index in [0.717, 1.165) is 18.5 Å². The lowest BCUT2D eigenvalue weighted by atomic mass is 9.98. The second-order valence-electron chi connectivity index (χ2n) is 6.71. The van der Waals surface area contributed by atoms with Gasteiger partial charge in [-0.1, -0.05) is 0 Å². The van der Waals surface area contributed by atoms with Crippen molar-refractivity contribution in [2.45, 2.75) is 62.7 Å². The summed E-state index contributed by atoms with van der Waals surface area (Å²) in [7, 11) is 1.99. The van der Waals surface area contributed by atoms with E-state index in [1.54, 1.807) is 0 Å². The van der Waals surface area contributed by atoms with E-state index in [1.165, 1.54) is 25.7 Å². The molecule has 1 amide bonds. The van der Waals surface area contributed by atoms with Gasteiger partial charge in [0.05, 0.1) is 0 Å². The third-order valence-corrected chi connectivity index (χ3v) is 5.25. The van der Waals surface area contributed by atoms with Crippen LogP contribution in [0.4, 0.5) is 0 Å². The molecule has 0 radical (unpaired) electrons. The SMILES string of the molecule is CN(C(=O)c1cccn1C1CC1)C1CC2CCC(C1)N2. The lowest BCUT2D eigenvalue weighted by Crippen LogP contribution is -2.49. The first-order valence-corrected chi connectivity index (χ1v) is 7.92. The Morgan fingerprint density at radius 2 is 1.95 bits per heavy atom. The van der Waals surface area contributed by atoms with Crippen molar-refractivity contribution in [3.8, 4) is 0 Å². The van der Waals surface area contributed by atoms with Crippen molar-refractivity contribution in [3.63, 3.8) is 0 Å². The molecule has 4 nitrogen and oxygen atoms in total. The highest BCUT2D eigenvalue weighted by Gasteiger charge is 2.37. The van der Waals surface area contributed by atoms with Crippen molar-refractivity contribution in [1.29, 1.82) is 0 Å². The van der Waals surface area contributed by atoms with Crippen LogP contribution >= 0.6 is 0 Å². The van der Waals surface area contributed by atoms with E-state index in [9.17, 15) is 4.79 Å². The zero-order valence-electron chi connectivity index (χ0n) is 12.1. The fourth-order valence-electron chi connectivity index (χ4n) is 3.94. The average molecular weight is 273 g/mol. The number of aromatic nitrogens is 1. The summed E-state index contributed by atoms with van der Waals surface area (Å²) >= 11 is 0. The highest BCUT2D eigenvalue weighted by Crippen LogP contribution is 2.36. The fraction of sp³-hybridized carbons (Fsp3) is 0.688. The van der Waals surface area contributed by atoms with Gasteiger partial charge in [0.1, 0.15) is 5.69 Å². The van der Waals surface area contributed by atoms with Gasteiger partial charge >= 0.3 is 0 Å². The Labute approximate surface area is 120 Å². The first-order valence-electron chi connectivity index (χ1n) is 7.92. The van der Waals surface area contributed by atoms with Gasteiger partial charge < -0.3 is 14.8 Å². The summed E-state index contributed by atoms with van der Waals surface area (Å²) in [4.78, 5) is 14.8.